The van der Waals surface area contributed by atoms with Gasteiger partial charge in [-0.1, -0.05) is 59.1 Å². The first-order valence-corrected chi connectivity index (χ1v) is 10.4. The largest absolute Gasteiger partial charge is 0.393 e. The van der Waals surface area contributed by atoms with E-state index in [1.807, 2.05) is 6.08 Å². The summed E-state index contributed by atoms with van der Waals surface area (Å²) in [6.45, 7) is 11.7. The van der Waals surface area contributed by atoms with Gasteiger partial charge in [0.1, 0.15) is 0 Å². The van der Waals surface area contributed by atoms with Crippen molar-refractivity contribution in [1.82, 2.24) is 0 Å². The molecule has 2 fully saturated rings. The van der Waals surface area contributed by atoms with Gasteiger partial charge in [-0.25, -0.2) is 0 Å². The predicted octanol–water partition coefficient (Wildman–Crippen LogP) is 5.32. The van der Waals surface area contributed by atoms with Gasteiger partial charge in [0.15, 0.2) is 5.78 Å². The maximum atomic E-state index is 11.9. The van der Waals surface area contributed by atoms with Crippen molar-refractivity contribution in [2.24, 2.45) is 34.5 Å². The van der Waals surface area contributed by atoms with E-state index in [-0.39, 0.29) is 28.6 Å². The third kappa shape index (κ3) is 2.85. The minimum atomic E-state index is -0.274. The fraction of sp³-hybridized carbons (Fsp3) is 0.783. The fourth-order valence-electron chi connectivity index (χ4n) is 6.59. The summed E-state index contributed by atoms with van der Waals surface area (Å²) >= 11 is 0. The molecule has 0 amide bonds. The number of hydrogen-bond acceptors (Lipinski definition) is 2. The topological polar surface area (TPSA) is 37.3 Å². The Morgan fingerprint density at radius 2 is 2.04 bits per heavy atom. The van der Waals surface area contributed by atoms with Crippen LogP contribution >= 0.6 is 0 Å². The lowest BCUT2D eigenvalue weighted by Crippen LogP contribution is -2.57. The van der Waals surface area contributed by atoms with E-state index >= 15 is 0 Å². The standard InChI is InChI=1S/C23H36O2/c1-6-8-19-18-10-9-16-13-17(24)11-12-22(16,4)21(18)20(25)14-23(19,5)15(3)7-2/h11-13,15,18-21,25H,6-10,14H2,1-5H3. The molecule has 2 heteroatoms. The zero-order chi connectivity index (χ0) is 18.4. The number of hydrogen-bond donors (Lipinski definition) is 1. The fourth-order valence-corrected chi connectivity index (χ4v) is 6.59. The third-order valence-corrected chi connectivity index (χ3v) is 8.27. The Balaban J connectivity index is 2.02. The second-order valence-electron chi connectivity index (χ2n) is 9.40. The van der Waals surface area contributed by atoms with E-state index in [1.54, 1.807) is 6.08 Å². The first kappa shape index (κ1) is 18.9. The molecular formula is C23H36O2. The van der Waals surface area contributed by atoms with Crippen LogP contribution in [0.25, 0.3) is 0 Å². The lowest BCUT2D eigenvalue weighted by Gasteiger charge is -2.61. The number of carbonyl (C=O) groups is 1. The number of aliphatic hydroxyl groups is 1. The van der Waals surface area contributed by atoms with Crippen LogP contribution in [0.15, 0.2) is 23.8 Å². The van der Waals surface area contributed by atoms with Gasteiger partial charge in [0.2, 0.25) is 0 Å². The Morgan fingerprint density at radius 3 is 2.68 bits per heavy atom. The molecule has 2 nitrogen and oxygen atoms in total. The van der Waals surface area contributed by atoms with Gasteiger partial charge in [-0.15, -0.1) is 0 Å². The molecule has 7 unspecified atom stereocenters. The second-order valence-corrected chi connectivity index (χ2v) is 9.40. The summed E-state index contributed by atoms with van der Waals surface area (Å²) in [6.07, 6.45) is 12.1. The van der Waals surface area contributed by atoms with Crippen LogP contribution < -0.4 is 0 Å². The van der Waals surface area contributed by atoms with E-state index in [0.29, 0.717) is 17.8 Å². The van der Waals surface area contributed by atoms with Crippen LogP contribution in [-0.2, 0) is 4.79 Å². The molecule has 0 heterocycles. The highest BCUT2D eigenvalue weighted by Crippen LogP contribution is 2.63. The minimum Gasteiger partial charge on any atom is -0.393 e. The normalized spacial score (nSPS) is 44.7. The van der Waals surface area contributed by atoms with Gasteiger partial charge in [-0.3, -0.25) is 4.79 Å². The van der Waals surface area contributed by atoms with Gasteiger partial charge in [-0.05, 0) is 61.0 Å². The number of aliphatic hydroxyl groups excluding tert-OH is 1. The average Bonchev–Trinajstić information content (AvgIpc) is 2.57. The summed E-state index contributed by atoms with van der Waals surface area (Å²) in [4.78, 5) is 11.9. The molecule has 7 atom stereocenters. The first-order chi connectivity index (χ1) is 11.8. The lowest BCUT2D eigenvalue weighted by molar-refractivity contribution is -0.135. The Bertz CT molecular complexity index is 589. The van der Waals surface area contributed by atoms with Crippen molar-refractivity contribution in [2.75, 3.05) is 0 Å². The number of ketones is 1. The van der Waals surface area contributed by atoms with Crippen molar-refractivity contribution in [2.45, 2.75) is 79.2 Å². The zero-order valence-electron chi connectivity index (χ0n) is 16.7. The Kier molecular flexibility index (Phi) is 5.05. The third-order valence-electron chi connectivity index (χ3n) is 8.27. The van der Waals surface area contributed by atoms with Crippen LogP contribution in [0.4, 0.5) is 0 Å². The van der Waals surface area contributed by atoms with E-state index in [2.05, 4.69) is 40.7 Å². The molecule has 0 aliphatic heterocycles. The van der Waals surface area contributed by atoms with Crippen molar-refractivity contribution in [1.29, 1.82) is 0 Å². The van der Waals surface area contributed by atoms with Crippen LogP contribution in [0, 0.1) is 34.5 Å². The summed E-state index contributed by atoms with van der Waals surface area (Å²) in [5.74, 6) is 2.23. The Hall–Kier alpha value is -0.890. The lowest BCUT2D eigenvalue weighted by atomic mass is 9.44. The summed E-state index contributed by atoms with van der Waals surface area (Å²) in [5.41, 5.74) is 1.33. The molecule has 0 bridgehead atoms. The van der Waals surface area contributed by atoms with Gasteiger partial charge in [-0.2, -0.15) is 0 Å². The van der Waals surface area contributed by atoms with Crippen molar-refractivity contribution < 1.29 is 9.90 Å². The van der Waals surface area contributed by atoms with Gasteiger partial charge >= 0.3 is 0 Å². The molecule has 3 aliphatic rings. The van der Waals surface area contributed by atoms with E-state index in [0.717, 1.165) is 19.3 Å². The van der Waals surface area contributed by atoms with Crippen LogP contribution in [0.3, 0.4) is 0 Å². The van der Waals surface area contributed by atoms with Gasteiger partial charge in [0.25, 0.3) is 0 Å². The number of carbonyl (C=O) groups excluding carboxylic acids is 1. The van der Waals surface area contributed by atoms with Gasteiger partial charge in [0.05, 0.1) is 6.10 Å². The molecule has 140 valence electrons. The minimum absolute atomic E-state index is 0.116. The molecule has 0 spiro atoms. The SMILES string of the molecule is CCCC1C2CCC3=CC(=O)C=CC3(C)C2C(O)CC1(C)C(C)CC. The van der Waals surface area contributed by atoms with Crippen molar-refractivity contribution in [3.63, 3.8) is 0 Å². The molecule has 1 N–H and O–H groups in total. The average molecular weight is 345 g/mol. The molecule has 0 aromatic carbocycles. The maximum absolute atomic E-state index is 11.9. The van der Waals surface area contributed by atoms with E-state index in [4.69, 9.17) is 0 Å². The summed E-state index contributed by atoms with van der Waals surface area (Å²) in [6, 6.07) is 0. The van der Waals surface area contributed by atoms with Crippen LogP contribution in [-0.4, -0.2) is 17.0 Å². The van der Waals surface area contributed by atoms with E-state index in [1.165, 1.54) is 24.8 Å². The zero-order valence-corrected chi connectivity index (χ0v) is 16.7. The monoisotopic (exact) mass is 344 g/mol. The Labute approximate surface area is 153 Å². The van der Waals surface area contributed by atoms with Crippen molar-refractivity contribution in [3.8, 4) is 0 Å². The van der Waals surface area contributed by atoms with Crippen molar-refractivity contribution in [3.05, 3.63) is 23.8 Å². The summed E-state index contributed by atoms with van der Waals surface area (Å²) < 4.78 is 0. The van der Waals surface area contributed by atoms with Gasteiger partial charge < -0.3 is 5.11 Å². The smallest absolute Gasteiger partial charge is 0.178 e. The molecule has 0 aromatic rings. The highest BCUT2D eigenvalue weighted by atomic mass is 16.3. The molecular weight excluding hydrogens is 308 g/mol. The van der Waals surface area contributed by atoms with Crippen molar-refractivity contribution >= 4 is 5.78 Å². The van der Waals surface area contributed by atoms with Crippen LogP contribution in [0.2, 0.25) is 0 Å². The van der Waals surface area contributed by atoms with Gasteiger partial charge in [0, 0.05) is 11.3 Å². The second kappa shape index (κ2) is 6.68. The Morgan fingerprint density at radius 1 is 1.32 bits per heavy atom. The molecule has 2 saturated carbocycles. The number of rotatable bonds is 4. The van der Waals surface area contributed by atoms with E-state index in [9.17, 15) is 9.90 Å². The van der Waals surface area contributed by atoms with E-state index < -0.39 is 0 Å². The maximum Gasteiger partial charge on any atom is 0.178 e. The molecule has 3 rings (SSSR count). The number of allylic oxidation sites excluding steroid dienone is 4. The predicted molar refractivity (Wildman–Crippen MR) is 103 cm³/mol. The molecule has 25 heavy (non-hydrogen) atoms. The number of fused-ring (bicyclic) bond motifs is 3. The summed E-state index contributed by atoms with van der Waals surface area (Å²) in [5, 5.41) is 11.3. The first-order valence-electron chi connectivity index (χ1n) is 10.4. The molecule has 0 radical (unpaired) electrons. The highest BCUT2D eigenvalue weighted by molar-refractivity contribution is 6.01. The van der Waals surface area contributed by atoms with Crippen LogP contribution in [0.5, 0.6) is 0 Å². The molecule has 3 aliphatic carbocycles. The van der Waals surface area contributed by atoms with Crippen LogP contribution in [0.1, 0.15) is 73.1 Å². The quantitative estimate of drug-likeness (QED) is 0.749. The molecule has 0 aromatic heterocycles. The summed E-state index contributed by atoms with van der Waals surface area (Å²) in [7, 11) is 0. The highest BCUT2D eigenvalue weighted by Gasteiger charge is 2.58. The molecule has 0 saturated heterocycles.